The van der Waals surface area contributed by atoms with Crippen molar-refractivity contribution in [2.24, 2.45) is 0 Å². The van der Waals surface area contributed by atoms with E-state index in [2.05, 4.69) is 15.5 Å². The van der Waals surface area contributed by atoms with Crippen LogP contribution in [-0.2, 0) is 0 Å². The molecule has 1 saturated carbocycles. The fourth-order valence-electron chi connectivity index (χ4n) is 3.04. The van der Waals surface area contributed by atoms with Crippen LogP contribution < -0.4 is 5.32 Å². The van der Waals surface area contributed by atoms with Crippen molar-refractivity contribution >= 4 is 22.5 Å². The van der Waals surface area contributed by atoms with Gasteiger partial charge in [-0.15, -0.1) is 10.2 Å². The maximum absolute atomic E-state index is 12.1. The maximum atomic E-state index is 12.1. The number of anilines is 1. The number of urea groups is 1. The monoisotopic (exact) mass is 310 g/mol. The van der Waals surface area contributed by atoms with Crippen LogP contribution in [0, 0.1) is 0 Å². The lowest BCUT2D eigenvalue weighted by atomic mass is 9.90. The molecule has 0 spiro atoms. The number of hydrogen-bond donors (Lipinski definition) is 2. The first kappa shape index (κ1) is 14.7. The lowest BCUT2D eigenvalue weighted by molar-refractivity contribution is 0.0972. The second kappa shape index (κ2) is 6.70. The van der Waals surface area contributed by atoms with Crippen molar-refractivity contribution in [1.29, 1.82) is 0 Å². The second-order valence-electron chi connectivity index (χ2n) is 5.93. The van der Waals surface area contributed by atoms with E-state index in [1.165, 1.54) is 43.4 Å². The molecule has 6 nitrogen and oxygen atoms in total. The van der Waals surface area contributed by atoms with Gasteiger partial charge in [-0.3, -0.25) is 5.32 Å². The largest absolute Gasteiger partial charge is 0.393 e. The molecule has 7 heteroatoms. The van der Waals surface area contributed by atoms with Crippen molar-refractivity contribution in [3.8, 4) is 0 Å². The Bertz CT molecular complexity index is 479. The molecule has 2 N–H and O–H groups in total. The molecule has 0 bridgehead atoms. The van der Waals surface area contributed by atoms with E-state index in [-0.39, 0.29) is 12.1 Å². The normalized spacial score (nSPS) is 21.5. The van der Waals surface area contributed by atoms with Gasteiger partial charge in [0.1, 0.15) is 5.01 Å². The highest BCUT2D eigenvalue weighted by atomic mass is 32.1. The van der Waals surface area contributed by atoms with E-state index in [0.717, 1.165) is 5.01 Å². The van der Waals surface area contributed by atoms with Crippen molar-refractivity contribution in [3.05, 3.63) is 5.01 Å². The number of amides is 2. The number of likely N-dealkylation sites (tertiary alicyclic amines) is 1. The third kappa shape index (κ3) is 3.71. The molecule has 2 amide bonds. The van der Waals surface area contributed by atoms with Gasteiger partial charge in [-0.2, -0.15) is 0 Å². The average Bonchev–Trinajstić information content (AvgIpc) is 2.97. The Morgan fingerprint density at radius 3 is 2.57 bits per heavy atom. The molecule has 2 fully saturated rings. The van der Waals surface area contributed by atoms with Crippen LogP contribution >= 0.6 is 11.3 Å². The number of carbonyl (C=O) groups excluding carboxylic acids is 1. The summed E-state index contributed by atoms with van der Waals surface area (Å²) in [5.41, 5.74) is 0. The molecule has 1 saturated heterocycles. The molecule has 2 aliphatic rings. The molecule has 1 aromatic rings. The van der Waals surface area contributed by atoms with Crippen LogP contribution in [0.4, 0.5) is 9.93 Å². The van der Waals surface area contributed by atoms with E-state index >= 15 is 0 Å². The van der Waals surface area contributed by atoms with Crippen LogP contribution in [0.25, 0.3) is 0 Å². The zero-order valence-electron chi connectivity index (χ0n) is 12.1. The van der Waals surface area contributed by atoms with Gasteiger partial charge in [-0.1, -0.05) is 30.6 Å². The van der Waals surface area contributed by atoms with Crippen molar-refractivity contribution in [1.82, 2.24) is 15.1 Å². The van der Waals surface area contributed by atoms with Gasteiger partial charge >= 0.3 is 6.03 Å². The molecule has 0 aromatic carbocycles. The number of aliphatic hydroxyl groups excluding tert-OH is 1. The van der Waals surface area contributed by atoms with Crippen LogP contribution in [0.15, 0.2) is 0 Å². The van der Waals surface area contributed by atoms with Gasteiger partial charge in [0, 0.05) is 19.0 Å². The molecule has 1 aromatic heterocycles. The Labute approximate surface area is 128 Å². The molecule has 1 aliphatic carbocycles. The predicted molar refractivity (Wildman–Crippen MR) is 81.6 cm³/mol. The number of aliphatic hydroxyl groups is 1. The zero-order valence-corrected chi connectivity index (χ0v) is 12.9. The van der Waals surface area contributed by atoms with E-state index in [1.807, 2.05) is 0 Å². The number of nitrogens with one attached hydrogen (secondary N) is 1. The van der Waals surface area contributed by atoms with Crippen LogP contribution in [0.5, 0.6) is 0 Å². The van der Waals surface area contributed by atoms with Gasteiger partial charge in [-0.05, 0) is 25.7 Å². The van der Waals surface area contributed by atoms with Gasteiger partial charge in [-0.25, -0.2) is 4.79 Å². The Hall–Kier alpha value is -1.21. The topological polar surface area (TPSA) is 78.4 Å². The van der Waals surface area contributed by atoms with E-state index in [9.17, 15) is 9.90 Å². The first-order chi connectivity index (χ1) is 10.2. The molecule has 3 rings (SSSR count). The number of aromatic nitrogens is 2. The van der Waals surface area contributed by atoms with Crippen LogP contribution in [-0.4, -0.2) is 45.4 Å². The summed E-state index contributed by atoms with van der Waals surface area (Å²) in [6.07, 6.45) is 7.25. The van der Waals surface area contributed by atoms with E-state index in [4.69, 9.17) is 0 Å². The van der Waals surface area contributed by atoms with Crippen LogP contribution in [0.2, 0.25) is 0 Å². The Kier molecular flexibility index (Phi) is 4.70. The molecule has 0 unspecified atom stereocenters. The standard InChI is InChI=1S/C14H22N4O2S/c19-11-6-8-18(9-7-11)14(20)15-13-17-16-12(21-13)10-4-2-1-3-5-10/h10-11,19H,1-9H2,(H,15,17,20). The lowest BCUT2D eigenvalue weighted by Gasteiger charge is -2.29. The summed E-state index contributed by atoms with van der Waals surface area (Å²) in [7, 11) is 0. The van der Waals surface area contributed by atoms with E-state index in [1.54, 1.807) is 4.90 Å². The summed E-state index contributed by atoms with van der Waals surface area (Å²) < 4.78 is 0. The summed E-state index contributed by atoms with van der Waals surface area (Å²) in [6, 6.07) is -0.131. The van der Waals surface area contributed by atoms with Crippen molar-refractivity contribution in [2.75, 3.05) is 18.4 Å². The quantitative estimate of drug-likeness (QED) is 0.880. The molecule has 116 valence electrons. The highest BCUT2D eigenvalue weighted by Crippen LogP contribution is 2.35. The Morgan fingerprint density at radius 2 is 1.86 bits per heavy atom. The predicted octanol–water partition coefficient (Wildman–Crippen LogP) is 2.57. The molecule has 0 radical (unpaired) electrons. The first-order valence-corrected chi connectivity index (χ1v) is 8.61. The highest BCUT2D eigenvalue weighted by Gasteiger charge is 2.23. The second-order valence-corrected chi connectivity index (χ2v) is 6.94. The summed E-state index contributed by atoms with van der Waals surface area (Å²) in [4.78, 5) is 13.9. The molecule has 21 heavy (non-hydrogen) atoms. The van der Waals surface area contributed by atoms with Gasteiger partial charge in [0.25, 0.3) is 0 Å². The Balaban J connectivity index is 1.55. The fourth-order valence-corrected chi connectivity index (χ4v) is 3.94. The lowest BCUT2D eigenvalue weighted by Crippen LogP contribution is -2.42. The number of rotatable bonds is 2. The smallest absolute Gasteiger partial charge is 0.323 e. The van der Waals surface area contributed by atoms with E-state index in [0.29, 0.717) is 37.0 Å². The summed E-state index contributed by atoms with van der Waals surface area (Å²) >= 11 is 1.50. The minimum Gasteiger partial charge on any atom is -0.393 e. The van der Waals surface area contributed by atoms with Gasteiger partial charge in [0.2, 0.25) is 5.13 Å². The summed E-state index contributed by atoms with van der Waals surface area (Å²) in [5.74, 6) is 0.520. The SMILES string of the molecule is O=C(Nc1nnc(C2CCCCC2)s1)N1CCC(O)CC1. The Morgan fingerprint density at radius 1 is 1.14 bits per heavy atom. The number of nitrogens with zero attached hydrogens (tertiary/aromatic N) is 3. The van der Waals surface area contributed by atoms with Crippen molar-refractivity contribution < 1.29 is 9.90 Å². The molecular formula is C14H22N4O2S. The minimum absolute atomic E-state index is 0.131. The fraction of sp³-hybridized carbons (Fsp3) is 0.786. The average molecular weight is 310 g/mol. The van der Waals surface area contributed by atoms with Gasteiger partial charge in [0.05, 0.1) is 6.10 Å². The zero-order chi connectivity index (χ0) is 14.7. The third-order valence-electron chi connectivity index (χ3n) is 4.36. The maximum Gasteiger partial charge on any atom is 0.323 e. The minimum atomic E-state index is -0.270. The number of piperidine rings is 1. The molecule has 1 aliphatic heterocycles. The van der Waals surface area contributed by atoms with E-state index < -0.39 is 0 Å². The first-order valence-electron chi connectivity index (χ1n) is 7.80. The highest BCUT2D eigenvalue weighted by molar-refractivity contribution is 7.15. The molecular weight excluding hydrogens is 288 g/mol. The summed E-state index contributed by atoms with van der Waals surface area (Å²) in [6.45, 7) is 1.20. The van der Waals surface area contributed by atoms with Crippen LogP contribution in [0.3, 0.4) is 0 Å². The third-order valence-corrected chi connectivity index (χ3v) is 5.36. The van der Waals surface area contributed by atoms with Crippen molar-refractivity contribution in [2.45, 2.75) is 57.0 Å². The summed E-state index contributed by atoms with van der Waals surface area (Å²) in [5, 5.41) is 22.3. The van der Waals surface area contributed by atoms with Gasteiger partial charge < -0.3 is 10.0 Å². The van der Waals surface area contributed by atoms with Gasteiger partial charge in [0.15, 0.2) is 0 Å². The number of carbonyl (C=O) groups is 1. The number of hydrogen-bond acceptors (Lipinski definition) is 5. The van der Waals surface area contributed by atoms with Crippen molar-refractivity contribution in [3.63, 3.8) is 0 Å². The van der Waals surface area contributed by atoms with Crippen LogP contribution in [0.1, 0.15) is 55.9 Å². The molecule has 0 atom stereocenters. The molecule has 2 heterocycles.